The van der Waals surface area contributed by atoms with Crippen LogP contribution in [0, 0.1) is 0 Å². The lowest BCUT2D eigenvalue weighted by atomic mass is 10.00. The van der Waals surface area contributed by atoms with Crippen LogP contribution in [-0.2, 0) is 4.79 Å². The first-order chi connectivity index (χ1) is 30.0. The SMILES string of the molecule is CCCCCCCCCCC/C=C\CCCCCCC(O)C(=O)NC(CO)C(O)C(O)CCC/C=C/CCCCCCCCCCCCCCCCCCCCCCCCC. The maximum Gasteiger partial charge on any atom is 0.249 e. The molecule has 0 aliphatic heterocycles. The molecule has 0 rings (SSSR count). The molecule has 0 saturated carbocycles. The van der Waals surface area contributed by atoms with E-state index in [0.717, 1.165) is 51.4 Å². The number of aliphatic hydroxyl groups is 4. The van der Waals surface area contributed by atoms with Crippen molar-refractivity contribution in [2.45, 2.75) is 314 Å². The summed E-state index contributed by atoms with van der Waals surface area (Å²) in [5.74, 6) is -0.599. The maximum atomic E-state index is 12.6. The van der Waals surface area contributed by atoms with Crippen molar-refractivity contribution in [3.05, 3.63) is 24.3 Å². The van der Waals surface area contributed by atoms with Crippen molar-refractivity contribution in [2.24, 2.45) is 0 Å². The van der Waals surface area contributed by atoms with Crippen LogP contribution in [0.4, 0.5) is 0 Å². The highest BCUT2D eigenvalue weighted by molar-refractivity contribution is 5.80. The number of amides is 1. The Morgan fingerprint density at radius 2 is 0.672 bits per heavy atom. The zero-order chi connectivity index (χ0) is 44.5. The van der Waals surface area contributed by atoms with Crippen LogP contribution in [0.5, 0.6) is 0 Å². The van der Waals surface area contributed by atoms with Crippen LogP contribution >= 0.6 is 0 Å². The topological polar surface area (TPSA) is 110 Å². The smallest absolute Gasteiger partial charge is 0.249 e. The van der Waals surface area contributed by atoms with Crippen LogP contribution in [0.25, 0.3) is 0 Å². The Balaban J connectivity index is 3.65. The largest absolute Gasteiger partial charge is 0.394 e. The fourth-order valence-corrected chi connectivity index (χ4v) is 8.58. The van der Waals surface area contributed by atoms with Crippen molar-refractivity contribution in [2.75, 3.05) is 6.61 Å². The first kappa shape index (κ1) is 59.8. The Labute approximate surface area is 380 Å². The number of allylic oxidation sites excluding steroid dienone is 4. The van der Waals surface area contributed by atoms with Gasteiger partial charge in [-0.1, -0.05) is 250 Å². The van der Waals surface area contributed by atoms with Crippen LogP contribution in [0.15, 0.2) is 24.3 Å². The lowest BCUT2D eigenvalue weighted by Gasteiger charge is -2.27. The molecule has 6 heteroatoms. The van der Waals surface area contributed by atoms with E-state index in [2.05, 4.69) is 43.5 Å². The van der Waals surface area contributed by atoms with Gasteiger partial charge in [0.25, 0.3) is 0 Å². The van der Waals surface area contributed by atoms with E-state index in [-0.39, 0.29) is 0 Å². The van der Waals surface area contributed by atoms with E-state index >= 15 is 0 Å². The summed E-state index contributed by atoms with van der Waals surface area (Å²) < 4.78 is 0. The summed E-state index contributed by atoms with van der Waals surface area (Å²) in [5, 5.41) is 43.9. The van der Waals surface area contributed by atoms with E-state index in [1.807, 2.05) is 0 Å². The third-order valence-electron chi connectivity index (χ3n) is 12.9. The molecule has 4 unspecified atom stereocenters. The molecule has 0 aromatic rings. The second kappa shape index (κ2) is 49.8. The molecule has 61 heavy (non-hydrogen) atoms. The lowest BCUT2D eigenvalue weighted by Crippen LogP contribution is -2.53. The summed E-state index contributed by atoms with van der Waals surface area (Å²) in [6.07, 6.45) is 59.6. The van der Waals surface area contributed by atoms with E-state index < -0.39 is 36.9 Å². The molecule has 0 aromatic heterocycles. The minimum absolute atomic E-state index is 0.350. The monoisotopic (exact) mass is 862 g/mol. The van der Waals surface area contributed by atoms with E-state index in [0.29, 0.717) is 12.8 Å². The Bertz CT molecular complexity index is 924. The minimum Gasteiger partial charge on any atom is -0.394 e. The van der Waals surface area contributed by atoms with Gasteiger partial charge in [-0.05, 0) is 64.2 Å². The molecule has 0 spiro atoms. The summed E-state index contributed by atoms with van der Waals surface area (Å²) in [6, 6.07) is -1.01. The highest BCUT2D eigenvalue weighted by Gasteiger charge is 2.28. The number of carbonyl (C=O) groups excluding carboxylic acids is 1. The van der Waals surface area contributed by atoms with Gasteiger partial charge < -0.3 is 25.7 Å². The van der Waals surface area contributed by atoms with Crippen LogP contribution in [0.3, 0.4) is 0 Å². The standard InChI is InChI=1S/C55H107NO5/c1-3-5-7-9-11-13-15-17-19-21-22-23-24-25-26-27-28-29-30-31-33-34-36-38-40-42-44-46-48-52(58)54(60)51(50-57)56-55(61)53(59)49-47-45-43-41-39-37-35-32-20-18-16-14-12-10-8-6-4-2/h35,37,40,42,51-54,57-60H,3-34,36,38-39,41,43-50H2,1-2H3,(H,56,61)/b37-35-,42-40+. The number of hydrogen-bond acceptors (Lipinski definition) is 5. The number of nitrogens with one attached hydrogen (secondary N) is 1. The second-order valence-electron chi connectivity index (χ2n) is 18.9. The van der Waals surface area contributed by atoms with E-state index in [1.54, 1.807) is 0 Å². The van der Waals surface area contributed by atoms with Gasteiger partial charge in [0.05, 0.1) is 18.8 Å². The van der Waals surface area contributed by atoms with Gasteiger partial charge in [0, 0.05) is 0 Å². The third-order valence-corrected chi connectivity index (χ3v) is 12.9. The molecular formula is C55H107NO5. The Morgan fingerprint density at radius 3 is 0.984 bits per heavy atom. The van der Waals surface area contributed by atoms with Crippen LogP contribution in [0.1, 0.15) is 290 Å². The molecule has 0 aromatic carbocycles. The Kier molecular flexibility index (Phi) is 48.8. The van der Waals surface area contributed by atoms with Crippen LogP contribution in [-0.4, -0.2) is 57.3 Å². The molecule has 0 fully saturated rings. The first-order valence-corrected chi connectivity index (χ1v) is 27.2. The van der Waals surface area contributed by atoms with E-state index in [9.17, 15) is 25.2 Å². The van der Waals surface area contributed by atoms with Gasteiger partial charge in [-0.15, -0.1) is 0 Å². The zero-order valence-electron chi connectivity index (χ0n) is 40.9. The number of hydrogen-bond donors (Lipinski definition) is 5. The highest BCUT2D eigenvalue weighted by atomic mass is 16.3. The second-order valence-corrected chi connectivity index (χ2v) is 18.9. The van der Waals surface area contributed by atoms with Crippen LogP contribution < -0.4 is 5.32 Å². The van der Waals surface area contributed by atoms with Crippen molar-refractivity contribution < 1.29 is 25.2 Å². The van der Waals surface area contributed by atoms with Crippen molar-refractivity contribution in [1.82, 2.24) is 5.32 Å². The third kappa shape index (κ3) is 43.8. The van der Waals surface area contributed by atoms with Gasteiger partial charge in [-0.25, -0.2) is 0 Å². The summed E-state index contributed by atoms with van der Waals surface area (Å²) in [6.45, 7) is 4.06. The normalized spacial score (nSPS) is 14.0. The van der Waals surface area contributed by atoms with E-state index in [4.69, 9.17) is 0 Å². The van der Waals surface area contributed by atoms with Crippen molar-refractivity contribution in [3.8, 4) is 0 Å². The summed E-state index contributed by atoms with van der Waals surface area (Å²) >= 11 is 0. The van der Waals surface area contributed by atoms with Gasteiger partial charge in [0.1, 0.15) is 12.2 Å². The summed E-state index contributed by atoms with van der Waals surface area (Å²) in [5.41, 5.74) is 0. The quantitative estimate of drug-likeness (QED) is 0.0309. The van der Waals surface area contributed by atoms with Crippen molar-refractivity contribution >= 4 is 5.91 Å². The van der Waals surface area contributed by atoms with Gasteiger partial charge >= 0.3 is 0 Å². The van der Waals surface area contributed by atoms with Gasteiger partial charge in [0.15, 0.2) is 0 Å². The molecule has 362 valence electrons. The molecule has 5 N–H and O–H groups in total. The maximum absolute atomic E-state index is 12.6. The average molecular weight is 862 g/mol. The summed E-state index contributed by atoms with van der Waals surface area (Å²) in [4.78, 5) is 12.6. The van der Waals surface area contributed by atoms with Gasteiger partial charge in [-0.2, -0.15) is 0 Å². The molecule has 4 atom stereocenters. The predicted molar refractivity (Wildman–Crippen MR) is 265 cm³/mol. The molecule has 0 bridgehead atoms. The Morgan fingerprint density at radius 1 is 0.393 bits per heavy atom. The summed E-state index contributed by atoms with van der Waals surface area (Å²) in [7, 11) is 0. The predicted octanol–water partition coefficient (Wildman–Crippen LogP) is 15.5. The van der Waals surface area contributed by atoms with Gasteiger partial charge in [0.2, 0.25) is 5.91 Å². The lowest BCUT2D eigenvalue weighted by molar-refractivity contribution is -0.132. The molecule has 0 radical (unpaired) electrons. The number of aliphatic hydroxyl groups excluding tert-OH is 4. The number of carbonyl (C=O) groups is 1. The number of unbranched alkanes of at least 4 members (excludes halogenated alkanes) is 37. The zero-order valence-corrected chi connectivity index (χ0v) is 40.9. The van der Waals surface area contributed by atoms with Crippen molar-refractivity contribution in [1.29, 1.82) is 0 Å². The minimum atomic E-state index is -1.28. The molecule has 1 amide bonds. The molecule has 0 aliphatic rings. The average Bonchev–Trinajstić information content (AvgIpc) is 3.26. The fraction of sp³-hybridized carbons (Fsp3) is 0.909. The molecular weight excluding hydrogens is 755 g/mol. The molecule has 6 nitrogen and oxygen atoms in total. The fourth-order valence-electron chi connectivity index (χ4n) is 8.58. The van der Waals surface area contributed by atoms with Crippen molar-refractivity contribution in [3.63, 3.8) is 0 Å². The molecule has 0 saturated heterocycles. The van der Waals surface area contributed by atoms with Crippen LogP contribution in [0.2, 0.25) is 0 Å². The van der Waals surface area contributed by atoms with Gasteiger partial charge in [-0.3, -0.25) is 4.79 Å². The number of rotatable bonds is 50. The molecule has 0 heterocycles. The highest BCUT2D eigenvalue weighted by Crippen LogP contribution is 2.17. The Hall–Kier alpha value is -1.21. The van der Waals surface area contributed by atoms with E-state index in [1.165, 1.54) is 212 Å². The first-order valence-electron chi connectivity index (χ1n) is 27.2. The molecule has 0 aliphatic carbocycles.